The van der Waals surface area contributed by atoms with Gasteiger partial charge in [-0.05, 0) is 12.8 Å². The highest BCUT2D eigenvalue weighted by molar-refractivity contribution is 5.76. The lowest BCUT2D eigenvalue weighted by Crippen LogP contribution is -2.65. The minimum Gasteiger partial charge on any atom is -0.394 e. The van der Waals surface area contributed by atoms with Gasteiger partial charge in [0.15, 0.2) is 12.6 Å². The van der Waals surface area contributed by atoms with Gasteiger partial charge in [0.2, 0.25) is 5.91 Å². The van der Waals surface area contributed by atoms with Gasteiger partial charge in [-0.2, -0.15) is 0 Å². The zero-order valence-corrected chi connectivity index (χ0v) is 58.7. The van der Waals surface area contributed by atoms with Gasteiger partial charge in [-0.25, -0.2) is 0 Å². The monoisotopic (exact) mass is 1280 g/mol. The van der Waals surface area contributed by atoms with E-state index in [1.165, 1.54) is 308 Å². The molecule has 2 fully saturated rings. The van der Waals surface area contributed by atoms with E-state index in [1.54, 1.807) is 0 Å². The number of ether oxygens (including phenoxy) is 4. The van der Waals surface area contributed by atoms with E-state index in [2.05, 4.69) is 19.2 Å². The van der Waals surface area contributed by atoms with Gasteiger partial charge < -0.3 is 65.1 Å². The van der Waals surface area contributed by atoms with Crippen LogP contribution in [0.3, 0.4) is 0 Å². The molecule has 2 aliphatic rings. The molecule has 2 saturated heterocycles. The number of carbonyl (C=O) groups excluding carboxylic acids is 1. The summed E-state index contributed by atoms with van der Waals surface area (Å²) in [7, 11) is 0. The van der Waals surface area contributed by atoms with Gasteiger partial charge >= 0.3 is 0 Å². The average molecular weight is 1290 g/mol. The molecule has 0 aromatic rings. The van der Waals surface area contributed by atoms with E-state index in [-0.39, 0.29) is 12.5 Å². The van der Waals surface area contributed by atoms with E-state index in [4.69, 9.17) is 18.9 Å². The first-order chi connectivity index (χ1) is 44.1. The van der Waals surface area contributed by atoms with Crippen LogP contribution in [0.1, 0.15) is 386 Å². The summed E-state index contributed by atoms with van der Waals surface area (Å²) in [6, 6.07) is -0.825. The molecule has 1 amide bonds. The summed E-state index contributed by atoms with van der Waals surface area (Å²) in [6.45, 7) is 2.94. The van der Waals surface area contributed by atoms with Gasteiger partial charge in [0, 0.05) is 6.42 Å². The summed E-state index contributed by atoms with van der Waals surface area (Å²) in [6.07, 6.45) is 58.6. The van der Waals surface area contributed by atoms with Crippen LogP contribution >= 0.6 is 0 Å². The molecule has 0 aromatic heterocycles. The van der Waals surface area contributed by atoms with E-state index >= 15 is 0 Å². The molecule has 0 bridgehead atoms. The highest BCUT2D eigenvalue weighted by Crippen LogP contribution is 2.30. The topological polar surface area (TPSA) is 228 Å². The van der Waals surface area contributed by atoms with Gasteiger partial charge in [0.1, 0.15) is 48.8 Å². The van der Waals surface area contributed by atoms with Gasteiger partial charge in [-0.1, -0.05) is 367 Å². The maximum absolute atomic E-state index is 13.4. The summed E-state index contributed by atoms with van der Waals surface area (Å²) in [5, 5.41) is 87.8. The number of hydrogen-bond acceptors (Lipinski definition) is 13. The number of aliphatic hydroxyl groups excluding tert-OH is 8. The summed E-state index contributed by atoms with van der Waals surface area (Å²) < 4.78 is 23.0. The van der Waals surface area contributed by atoms with Gasteiger partial charge in [0.25, 0.3) is 0 Å². The zero-order chi connectivity index (χ0) is 65.2. The fourth-order valence-electron chi connectivity index (χ4n) is 13.6. The van der Waals surface area contributed by atoms with Crippen LogP contribution in [0.5, 0.6) is 0 Å². The fraction of sp³-hybridized carbons (Fsp3) is 0.987. The number of aliphatic hydroxyl groups is 8. The lowest BCUT2D eigenvalue weighted by Gasteiger charge is -2.46. The molecule has 0 radical (unpaired) electrons. The first kappa shape index (κ1) is 85.1. The molecule has 90 heavy (non-hydrogen) atoms. The highest BCUT2D eigenvalue weighted by Gasteiger charge is 2.51. The lowest BCUT2D eigenvalue weighted by atomic mass is 9.97. The van der Waals surface area contributed by atoms with Crippen molar-refractivity contribution in [2.75, 3.05) is 19.8 Å². The maximum Gasteiger partial charge on any atom is 0.220 e. The normalized spacial score (nSPS) is 22.8. The molecule has 12 unspecified atom stereocenters. The average Bonchev–Trinajstić information content (AvgIpc) is 3.69. The first-order valence-electron chi connectivity index (χ1n) is 39.3. The molecule has 14 nitrogen and oxygen atoms in total. The third-order valence-electron chi connectivity index (χ3n) is 19.8. The molecule has 0 saturated carbocycles. The molecule has 2 aliphatic heterocycles. The van der Waals surface area contributed by atoms with Crippen molar-refractivity contribution in [2.45, 2.75) is 460 Å². The van der Waals surface area contributed by atoms with Crippen molar-refractivity contribution in [1.82, 2.24) is 5.32 Å². The van der Waals surface area contributed by atoms with Crippen LogP contribution in [0.2, 0.25) is 0 Å². The molecule has 0 aliphatic carbocycles. The number of rotatable bonds is 67. The Balaban J connectivity index is 1.61. The Morgan fingerprint density at radius 1 is 0.356 bits per heavy atom. The second-order valence-electron chi connectivity index (χ2n) is 28.2. The Kier molecular flexibility index (Phi) is 58.2. The Labute approximate surface area is 553 Å². The van der Waals surface area contributed by atoms with Crippen LogP contribution in [-0.2, 0) is 23.7 Å². The molecular weight excluding hydrogens is 1130 g/mol. The Bertz CT molecular complexity index is 1510. The molecule has 14 heteroatoms. The quantitative estimate of drug-likeness (QED) is 0.0259. The summed E-state index contributed by atoms with van der Waals surface area (Å²) in [4.78, 5) is 13.4. The predicted molar refractivity (Wildman–Crippen MR) is 369 cm³/mol. The van der Waals surface area contributed by atoms with Crippen LogP contribution < -0.4 is 5.32 Å². The van der Waals surface area contributed by atoms with Crippen LogP contribution in [0.4, 0.5) is 0 Å². The molecule has 2 heterocycles. The standard InChI is InChI=1S/C76H149NO13/c1-3-5-7-9-11-13-15-17-19-21-23-25-27-29-30-31-32-33-34-35-36-37-39-41-43-45-47-49-51-53-55-57-59-65(80)64(63-87-75-73(86)71(84)74(67(62-79)89-75)90-76-72(85)70(83)69(82)66(61-78)88-76)77-68(81)60-58-56-54-52-50-48-46-44-42-40-38-28-26-24-22-20-18-16-14-12-10-8-6-4-2/h64-67,69-76,78-80,82-86H,3-63H2,1-2H3,(H,77,81). The molecule has 2 rings (SSSR count). The van der Waals surface area contributed by atoms with Crippen LogP contribution in [0.15, 0.2) is 0 Å². The van der Waals surface area contributed by atoms with E-state index in [0.717, 1.165) is 51.4 Å². The van der Waals surface area contributed by atoms with Gasteiger partial charge in [-0.3, -0.25) is 4.79 Å². The summed E-state index contributed by atoms with van der Waals surface area (Å²) in [5.74, 6) is -0.195. The van der Waals surface area contributed by atoms with Crippen molar-refractivity contribution in [3.63, 3.8) is 0 Å². The molecular formula is C76H149NO13. The molecule has 12 atom stereocenters. The SMILES string of the molecule is CCCCCCCCCCCCCCCCCCCCCCCCCCCCCCCCCCC(O)C(COC1OC(CO)C(OC2OC(CO)C(O)C(O)C2O)C(O)C1O)NC(=O)CCCCCCCCCCCCCCCCCCCCCCCCCC. The molecule has 0 spiro atoms. The lowest BCUT2D eigenvalue weighted by molar-refractivity contribution is -0.359. The van der Waals surface area contributed by atoms with E-state index in [9.17, 15) is 45.6 Å². The third kappa shape index (κ3) is 44.7. The molecule has 536 valence electrons. The number of carbonyl (C=O) groups is 1. The van der Waals surface area contributed by atoms with Gasteiger partial charge in [-0.15, -0.1) is 0 Å². The highest BCUT2D eigenvalue weighted by atomic mass is 16.7. The Morgan fingerprint density at radius 3 is 0.944 bits per heavy atom. The van der Waals surface area contributed by atoms with Crippen molar-refractivity contribution < 1.29 is 64.6 Å². The predicted octanol–water partition coefficient (Wildman–Crippen LogP) is 17.1. The number of amides is 1. The van der Waals surface area contributed by atoms with E-state index in [0.29, 0.717) is 12.8 Å². The zero-order valence-electron chi connectivity index (χ0n) is 58.7. The van der Waals surface area contributed by atoms with Crippen molar-refractivity contribution in [1.29, 1.82) is 0 Å². The van der Waals surface area contributed by atoms with Crippen molar-refractivity contribution in [3.8, 4) is 0 Å². The van der Waals surface area contributed by atoms with Crippen molar-refractivity contribution >= 4 is 5.91 Å². The largest absolute Gasteiger partial charge is 0.394 e. The first-order valence-corrected chi connectivity index (χ1v) is 39.3. The minimum atomic E-state index is -1.78. The maximum atomic E-state index is 13.4. The molecule has 9 N–H and O–H groups in total. The van der Waals surface area contributed by atoms with Crippen LogP contribution in [0.25, 0.3) is 0 Å². The minimum absolute atomic E-state index is 0.195. The number of unbranched alkanes of at least 4 members (excludes halogenated alkanes) is 54. The summed E-state index contributed by atoms with van der Waals surface area (Å²) >= 11 is 0. The molecule has 0 aromatic carbocycles. The van der Waals surface area contributed by atoms with E-state index in [1.807, 2.05) is 0 Å². The van der Waals surface area contributed by atoms with E-state index < -0.39 is 86.8 Å². The second-order valence-corrected chi connectivity index (χ2v) is 28.2. The Morgan fingerprint density at radius 2 is 0.633 bits per heavy atom. The van der Waals surface area contributed by atoms with Crippen LogP contribution in [-0.4, -0.2) is 140 Å². The third-order valence-corrected chi connectivity index (χ3v) is 19.8. The van der Waals surface area contributed by atoms with Crippen molar-refractivity contribution in [2.24, 2.45) is 0 Å². The van der Waals surface area contributed by atoms with Crippen LogP contribution in [0, 0.1) is 0 Å². The summed E-state index contributed by atoms with van der Waals surface area (Å²) in [5.41, 5.74) is 0. The smallest absolute Gasteiger partial charge is 0.220 e. The van der Waals surface area contributed by atoms with Crippen molar-refractivity contribution in [3.05, 3.63) is 0 Å². The number of hydrogen-bond donors (Lipinski definition) is 9. The number of nitrogens with one attached hydrogen (secondary N) is 1. The second kappa shape index (κ2) is 61.6. The Hall–Kier alpha value is -1.01. The fourth-order valence-corrected chi connectivity index (χ4v) is 13.6. The van der Waals surface area contributed by atoms with Gasteiger partial charge in [0.05, 0.1) is 32.0 Å².